The standard InChI is InChI=1S/C53H34N2.C44H32N2.C18N12.C9H7NO.Li/c1-2-16-44(17-3-1)55-50-21-11-10-20-49(50)54-53(55)38-26-22-37(23-27-38)41-30-31-47-48(34-41)52(43-29-25-36-13-5-7-15-40(36)33-43)46-19-9-8-18-45(46)51(47)42-28-24-35-12-4-6-14-39(35)32-42;1-3-17-37(18-4-1)45(43-23-11-15-35-13-7-9-21-41(35)43)39-29-25-33(26-30-39)34-27-31-40(32-28-34)46(38-19-5-2-6-20-38)44-24-12-16-36-14-8-10-22-42(36)44;1-23-17-9(5-21)27-13-11-12(26-8(4-20)7(3-19)25-11)14-16(15(13)29-17)30-18(24-2)10(6-22)28-14;11-8-5-1-3-7-4-2-6-10-9(7)8;/h1-34H;1-32H;;1-6,11H;/q;;;;+1. The van der Waals surface area contributed by atoms with E-state index in [0.717, 1.165) is 73.2 Å². The molecule has 0 aliphatic rings. The molecule has 25 rings (SSSR count). The monoisotopic (exact) mass is 1820 g/mol. The van der Waals surface area contributed by atoms with Crippen molar-refractivity contribution in [3.05, 3.63) is 483 Å². The third-order valence-corrected chi connectivity index (χ3v) is 25.4. The molecule has 0 atom stereocenters. The van der Waals surface area contributed by atoms with Gasteiger partial charge in [0, 0.05) is 56.2 Å². The summed E-state index contributed by atoms with van der Waals surface area (Å²) >= 11 is 0. The van der Waals surface area contributed by atoms with Crippen LogP contribution in [0.15, 0.2) is 437 Å². The second-order valence-electron chi connectivity index (χ2n) is 33.6. The molecule has 0 fully saturated rings. The van der Waals surface area contributed by atoms with E-state index in [1.54, 1.807) is 42.6 Å². The molecule has 0 radical (unpaired) electrons. The molecule has 0 aliphatic carbocycles. The van der Waals surface area contributed by atoms with Gasteiger partial charge in [0.15, 0.2) is 29.0 Å². The molecule has 0 bridgehead atoms. The van der Waals surface area contributed by atoms with Crippen LogP contribution in [0, 0.1) is 58.5 Å². The third-order valence-electron chi connectivity index (χ3n) is 25.4. The summed E-state index contributed by atoms with van der Waals surface area (Å²) in [7, 11) is 0. The van der Waals surface area contributed by atoms with Gasteiger partial charge in [0.1, 0.15) is 52.2 Å². The fraction of sp³-hybridized carbons (Fsp3) is 0. The summed E-state index contributed by atoms with van der Waals surface area (Å²) in [5.41, 5.74) is 20.2. The molecule has 19 heteroatoms. The van der Waals surface area contributed by atoms with Gasteiger partial charge >= 0.3 is 30.5 Å². The SMILES string of the molecule is [C-]#[N+]c1nc2c(nc1C#N)c1nc(C#N)c(C#N)nc1c1nc(C#N)c([N+]#[C-])nc12.[Li+].[O-]c1cccc2ccc[nH+]c12.c1ccc(-n2c(-c3ccc(-c4ccc5c(-c6ccc7ccccc7c6)c6ccccc6c(-c6ccc7ccccc7c6)c5c4)cc3)nc3ccccc32)cc1.c1ccc(N(c2ccc(-c3ccc(N(c4ccccc4)c4cccc5ccccc45)cc3)cc2)c2cccc3ccccc23)cc1. The van der Waals surface area contributed by atoms with Crippen LogP contribution >= 0.6 is 0 Å². The van der Waals surface area contributed by atoms with Crippen LogP contribution in [0.25, 0.3) is 191 Å². The van der Waals surface area contributed by atoms with Crippen molar-refractivity contribution in [2.75, 3.05) is 9.80 Å². The Morgan fingerprint density at radius 2 is 0.636 bits per heavy atom. The zero-order chi connectivity index (χ0) is 96.1. The first-order chi connectivity index (χ1) is 70.1. The molecule has 1 N–H and O–H groups in total. The Kier molecular flexibility index (Phi) is 24.5. The van der Waals surface area contributed by atoms with Crippen molar-refractivity contribution in [1.29, 1.82) is 21.0 Å². The van der Waals surface area contributed by atoms with Crippen molar-refractivity contribution in [2.45, 2.75) is 0 Å². The van der Waals surface area contributed by atoms with Crippen molar-refractivity contribution in [3.8, 4) is 91.6 Å². The molecule has 5 aromatic heterocycles. The zero-order valence-corrected chi connectivity index (χ0v) is 76.6. The fourth-order valence-corrected chi connectivity index (χ4v) is 18.8. The Morgan fingerprint density at radius 3 is 1.13 bits per heavy atom. The smallest absolute Gasteiger partial charge is 0.868 e. The number of benzene rings is 20. The van der Waals surface area contributed by atoms with Gasteiger partial charge in [0.05, 0.1) is 22.4 Å². The maximum atomic E-state index is 11.1. The number of para-hydroxylation sites is 6. The van der Waals surface area contributed by atoms with Crippen LogP contribution in [0.4, 0.5) is 45.8 Å². The van der Waals surface area contributed by atoms with Gasteiger partial charge in [-0.2, -0.15) is 21.0 Å². The van der Waals surface area contributed by atoms with E-state index in [-0.39, 0.29) is 92.1 Å². The molecule has 0 aliphatic heterocycles. The number of nitrogens with one attached hydrogen (secondary N) is 1. The van der Waals surface area contributed by atoms with Crippen LogP contribution in [0.2, 0.25) is 0 Å². The van der Waals surface area contributed by atoms with Crippen LogP contribution in [0.1, 0.15) is 22.8 Å². The molecule has 5 heterocycles. The van der Waals surface area contributed by atoms with E-state index in [9.17, 15) is 26.2 Å². The molecule has 25 aromatic rings. The maximum absolute atomic E-state index is 11.1. The fourth-order valence-electron chi connectivity index (χ4n) is 18.8. The van der Waals surface area contributed by atoms with Crippen LogP contribution < -0.4 is 38.8 Å². The molecule has 0 unspecified atom stereocenters. The molecule has 0 spiro atoms. The molecular formula is C124H73LiN17O+. The summed E-state index contributed by atoms with van der Waals surface area (Å²) in [4.78, 5) is 43.8. The number of hydrogen-bond donors (Lipinski definition) is 0. The van der Waals surface area contributed by atoms with Crippen molar-refractivity contribution in [1.82, 2.24) is 39.5 Å². The number of H-pyrrole nitrogens is 1. The largest absolute Gasteiger partial charge is 1.00 e. The van der Waals surface area contributed by atoms with Crippen molar-refractivity contribution in [3.63, 3.8) is 0 Å². The normalized spacial score (nSPS) is 10.9. The van der Waals surface area contributed by atoms with Crippen LogP contribution in [0.5, 0.6) is 5.75 Å². The zero-order valence-electron chi connectivity index (χ0n) is 76.6. The second kappa shape index (κ2) is 39.2. The molecule has 20 aromatic carbocycles. The number of rotatable bonds is 12. The third kappa shape index (κ3) is 17.1. The molecule has 660 valence electrons. The first-order valence-electron chi connectivity index (χ1n) is 45.7. The van der Waals surface area contributed by atoms with Gasteiger partial charge in [-0.3, -0.25) is 4.57 Å². The number of pyridine rings is 1. The van der Waals surface area contributed by atoms with Crippen LogP contribution in [-0.2, 0) is 0 Å². The number of aromatic nitrogens is 9. The average molecular weight is 1820 g/mol. The summed E-state index contributed by atoms with van der Waals surface area (Å²) in [5.74, 6) is 0.372. The van der Waals surface area contributed by atoms with E-state index in [1.807, 2.05) is 18.2 Å². The Bertz CT molecular complexity index is 9070. The number of anilines is 6. The van der Waals surface area contributed by atoms with Gasteiger partial charge < -0.3 is 24.6 Å². The van der Waals surface area contributed by atoms with E-state index < -0.39 is 0 Å². The van der Waals surface area contributed by atoms with Crippen LogP contribution in [0.3, 0.4) is 0 Å². The number of hydrogen-bond acceptors (Lipinski definition) is 14. The van der Waals surface area contributed by atoms with Gasteiger partial charge in [-0.05, 0) is 219 Å². The maximum Gasteiger partial charge on any atom is 1.00 e. The van der Waals surface area contributed by atoms with E-state index in [2.05, 4.69) is 459 Å². The number of aromatic amines is 1. The number of nitrogens with zero attached hydrogens (tertiary/aromatic N) is 16. The van der Waals surface area contributed by atoms with Gasteiger partial charge in [-0.1, -0.05) is 323 Å². The first-order valence-corrected chi connectivity index (χ1v) is 45.7. The molecule has 18 nitrogen and oxygen atoms in total. The number of nitriles is 4. The minimum Gasteiger partial charge on any atom is -0.868 e. The molecule has 0 amide bonds. The summed E-state index contributed by atoms with van der Waals surface area (Å²) in [6, 6.07) is 160. The Labute approximate surface area is 832 Å². The van der Waals surface area contributed by atoms with Gasteiger partial charge in [0.2, 0.25) is 16.6 Å². The summed E-state index contributed by atoms with van der Waals surface area (Å²) in [5, 5.41) is 64.2. The van der Waals surface area contributed by atoms with Gasteiger partial charge in [-0.25, -0.2) is 29.9 Å². The first kappa shape index (κ1) is 89.3. The van der Waals surface area contributed by atoms with Crippen molar-refractivity contribution >= 4 is 165 Å². The summed E-state index contributed by atoms with van der Waals surface area (Å²) in [6.07, 6.45) is 1.75. The Balaban J connectivity index is 0.000000124. The second-order valence-corrected chi connectivity index (χ2v) is 33.6. The predicted octanol–water partition coefficient (Wildman–Crippen LogP) is 26.7. The topological polar surface area (TPSA) is 243 Å². The van der Waals surface area contributed by atoms with Gasteiger partial charge in [0.25, 0.3) is 0 Å². The van der Waals surface area contributed by atoms with E-state index in [0.29, 0.717) is 5.52 Å². The Hall–Kier alpha value is -20.2. The molecular weight excluding hydrogens is 1750 g/mol. The predicted molar refractivity (Wildman–Crippen MR) is 566 cm³/mol. The molecule has 0 saturated carbocycles. The average Bonchev–Trinajstić information content (AvgIpc) is 1.22. The summed E-state index contributed by atoms with van der Waals surface area (Å²) < 4.78 is 2.26. The molecule has 143 heavy (non-hydrogen) atoms. The number of fused-ring (bicyclic) bond motifs is 14. The van der Waals surface area contributed by atoms with Crippen molar-refractivity contribution < 1.29 is 29.0 Å². The van der Waals surface area contributed by atoms with E-state index >= 15 is 0 Å². The minimum atomic E-state index is -0.303. The van der Waals surface area contributed by atoms with Crippen molar-refractivity contribution in [2.24, 2.45) is 0 Å². The van der Waals surface area contributed by atoms with E-state index in [1.165, 1.54) is 104 Å². The quantitative estimate of drug-likeness (QED) is 0.0478. The Morgan fingerprint density at radius 1 is 0.280 bits per heavy atom. The summed E-state index contributed by atoms with van der Waals surface area (Å²) in [6.45, 7) is 14.5. The van der Waals surface area contributed by atoms with E-state index in [4.69, 9.17) is 18.1 Å². The molecule has 0 saturated heterocycles. The van der Waals surface area contributed by atoms with Crippen LogP contribution in [-0.4, -0.2) is 39.5 Å². The minimum absolute atomic E-state index is 0. The number of imidazole rings is 1. The van der Waals surface area contributed by atoms with Gasteiger partial charge in [-0.15, -0.1) is 9.97 Å².